The molecule has 0 aliphatic carbocycles. The van der Waals surface area contributed by atoms with E-state index in [9.17, 15) is 13.2 Å². The summed E-state index contributed by atoms with van der Waals surface area (Å²) in [4.78, 5) is 4.36. The summed E-state index contributed by atoms with van der Waals surface area (Å²) in [5, 5.41) is 6.24. The van der Waals surface area contributed by atoms with Gasteiger partial charge < -0.3 is 15.4 Å². The Morgan fingerprint density at radius 2 is 1.91 bits per heavy atom. The van der Waals surface area contributed by atoms with Crippen molar-refractivity contribution in [1.82, 2.24) is 10.6 Å². The van der Waals surface area contributed by atoms with E-state index in [-0.39, 0.29) is 6.04 Å². The second kappa shape index (κ2) is 8.63. The van der Waals surface area contributed by atoms with E-state index in [0.29, 0.717) is 31.2 Å². The maximum atomic E-state index is 12.5. The average Bonchev–Trinajstić information content (AvgIpc) is 2.45. The molecule has 0 saturated carbocycles. The van der Waals surface area contributed by atoms with Crippen molar-refractivity contribution in [2.45, 2.75) is 32.6 Å². The predicted octanol–water partition coefficient (Wildman–Crippen LogP) is 2.80. The topological polar surface area (TPSA) is 45.7 Å². The molecule has 1 aromatic rings. The van der Waals surface area contributed by atoms with E-state index >= 15 is 0 Å². The predicted molar refractivity (Wildman–Crippen MR) is 80.7 cm³/mol. The molecule has 1 atom stereocenters. The minimum Gasteiger partial charge on any atom is -0.383 e. The van der Waals surface area contributed by atoms with E-state index in [0.717, 1.165) is 12.1 Å². The number of ether oxygens (including phenoxy) is 1. The third-order valence-electron chi connectivity index (χ3n) is 2.85. The van der Waals surface area contributed by atoms with Gasteiger partial charge in [0.2, 0.25) is 0 Å². The van der Waals surface area contributed by atoms with Crippen molar-refractivity contribution in [3.8, 4) is 0 Å². The van der Waals surface area contributed by atoms with Gasteiger partial charge in [0.25, 0.3) is 0 Å². The van der Waals surface area contributed by atoms with Gasteiger partial charge in [-0.1, -0.05) is 12.1 Å². The van der Waals surface area contributed by atoms with Crippen LogP contribution in [-0.2, 0) is 17.5 Å². The van der Waals surface area contributed by atoms with Gasteiger partial charge >= 0.3 is 6.18 Å². The van der Waals surface area contributed by atoms with Crippen LogP contribution < -0.4 is 10.6 Å². The first-order valence-electron chi connectivity index (χ1n) is 7.06. The highest BCUT2D eigenvalue weighted by molar-refractivity contribution is 5.80. The van der Waals surface area contributed by atoms with E-state index in [2.05, 4.69) is 15.6 Å². The molecule has 2 N–H and O–H groups in total. The van der Waals surface area contributed by atoms with Crippen molar-refractivity contribution in [1.29, 1.82) is 0 Å². The van der Waals surface area contributed by atoms with Crippen molar-refractivity contribution in [3.05, 3.63) is 35.4 Å². The number of halogens is 3. The molecule has 0 radical (unpaired) electrons. The summed E-state index contributed by atoms with van der Waals surface area (Å²) in [6.07, 6.45) is -4.31. The highest BCUT2D eigenvalue weighted by Gasteiger charge is 2.29. The van der Waals surface area contributed by atoms with E-state index in [1.165, 1.54) is 12.1 Å². The SMILES string of the molecule is CCNC(=NCc1ccc(C(F)(F)F)cc1)NC(C)COC. The number of guanidine groups is 1. The highest BCUT2D eigenvalue weighted by atomic mass is 19.4. The summed E-state index contributed by atoms with van der Waals surface area (Å²) in [6.45, 7) is 5.42. The molecule has 0 saturated heterocycles. The first kappa shape index (κ1) is 18.3. The molecule has 0 amide bonds. The van der Waals surface area contributed by atoms with Gasteiger partial charge in [-0.3, -0.25) is 0 Å². The molecule has 124 valence electrons. The third-order valence-corrected chi connectivity index (χ3v) is 2.85. The molecule has 1 rings (SSSR count). The van der Waals surface area contributed by atoms with Gasteiger partial charge in [0.05, 0.1) is 18.7 Å². The Labute approximate surface area is 128 Å². The summed E-state index contributed by atoms with van der Waals surface area (Å²) in [6, 6.07) is 5.09. The standard InChI is InChI=1S/C15H22F3N3O/c1-4-19-14(21-11(2)10-22-3)20-9-12-5-7-13(8-6-12)15(16,17)18/h5-8,11H,4,9-10H2,1-3H3,(H2,19,20,21). The smallest absolute Gasteiger partial charge is 0.383 e. The van der Waals surface area contributed by atoms with Gasteiger partial charge in [0, 0.05) is 19.7 Å². The Kier molecular flexibility index (Phi) is 7.17. The number of methoxy groups -OCH3 is 1. The van der Waals surface area contributed by atoms with Crippen LogP contribution in [0.15, 0.2) is 29.3 Å². The number of benzene rings is 1. The lowest BCUT2D eigenvalue weighted by Gasteiger charge is -2.17. The summed E-state index contributed by atoms with van der Waals surface area (Å²) in [7, 11) is 1.62. The van der Waals surface area contributed by atoms with Crippen LogP contribution in [0.2, 0.25) is 0 Å². The molecular formula is C15H22F3N3O. The second-order valence-electron chi connectivity index (χ2n) is 4.89. The fourth-order valence-corrected chi connectivity index (χ4v) is 1.81. The Morgan fingerprint density at radius 1 is 1.27 bits per heavy atom. The zero-order valence-corrected chi connectivity index (χ0v) is 13.0. The molecule has 0 heterocycles. The largest absolute Gasteiger partial charge is 0.416 e. The molecule has 0 aromatic heterocycles. The van der Waals surface area contributed by atoms with Gasteiger partial charge in [-0.2, -0.15) is 13.2 Å². The second-order valence-corrected chi connectivity index (χ2v) is 4.89. The van der Waals surface area contributed by atoms with Crippen LogP contribution >= 0.6 is 0 Å². The van der Waals surface area contributed by atoms with Crippen molar-refractivity contribution in [3.63, 3.8) is 0 Å². The molecule has 1 aromatic carbocycles. The number of alkyl halides is 3. The molecule has 0 aliphatic rings. The molecule has 0 spiro atoms. The van der Waals surface area contributed by atoms with Crippen LogP contribution in [0.4, 0.5) is 13.2 Å². The maximum absolute atomic E-state index is 12.5. The number of hydrogen-bond donors (Lipinski definition) is 2. The summed E-state index contributed by atoms with van der Waals surface area (Å²) < 4.78 is 42.5. The van der Waals surface area contributed by atoms with Crippen molar-refractivity contribution < 1.29 is 17.9 Å². The molecule has 0 bridgehead atoms. The molecule has 0 aliphatic heterocycles. The Balaban J connectivity index is 2.69. The maximum Gasteiger partial charge on any atom is 0.416 e. The van der Waals surface area contributed by atoms with Crippen LogP contribution in [-0.4, -0.2) is 32.3 Å². The number of rotatable bonds is 6. The van der Waals surface area contributed by atoms with E-state index in [1.807, 2.05) is 13.8 Å². The Morgan fingerprint density at radius 3 is 2.41 bits per heavy atom. The van der Waals surface area contributed by atoms with Crippen LogP contribution in [0.1, 0.15) is 25.0 Å². The lowest BCUT2D eigenvalue weighted by Crippen LogP contribution is -2.43. The minimum atomic E-state index is -4.31. The van der Waals surface area contributed by atoms with Gasteiger partial charge in [0.15, 0.2) is 5.96 Å². The molecule has 0 fully saturated rings. The zero-order chi connectivity index (χ0) is 16.6. The quantitative estimate of drug-likeness (QED) is 0.626. The number of hydrogen-bond acceptors (Lipinski definition) is 2. The first-order valence-corrected chi connectivity index (χ1v) is 7.06. The molecule has 1 unspecified atom stereocenters. The van der Waals surface area contributed by atoms with Gasteiger partial charge in [0.1, 0.15) is 0 Å². The highest BCUT2D eigenvalue weighted by Crippen LogP contribution is 2.29. The molecule has 22 heavy (non-hydrogen) atoms. The lowest BCUT2D eigenvalue weighted by atomic mass is 10.1. The van der Waals surface area contributed by atoms with Crippen molar-refractivity contribution in [2.24, 2.45) is 4.99 Å². The van der Waals surface area contributed by atoms with E-state index < -0.39 is 11.7 Å². The lowest BCUT2D eigenvalue weighted by molar-refractivity contribution is -0.137. The number of nitrogens with one attached hydrogen (secondary N) is 2. The van der Waals surface area contributed by atoms with Crippen LogP contribution in [0, 0.1) is 0 Å². The summed E-state index contributed by atoms with van der Waals surface area (Å²) in [5.74, 6) is 0.604. The number of nitrogens with zero attached hydrogens (tertiary/aromatic N) is 1. The Hall–Kier alpha value is -1.76. The van der Waals surface area contributed by atoms with Crippen LogP contribution in [0.5, 0.6) is 0 Å². The monoisotopic (exact) mass is 317 g/mol. The minimum absolute atomic E-state index is 0.0791. The zero-order valence-electron chi connectivity index (χ0n) is 13.0. The van der Waals surface area contributed by atoms with Crippen LogP contribution in [0.3, 0.4) is 0 Å². The fourth-order valence-electron chi connectivity index (χ4n) is 1.81. The number of aliphatic imine (C=N–C) groups is 1. The first-order chi connectivity index (χ1) is 10.4. The van der Waals surface area contributed by atoms with Crippen molar-refractivity contribution in [2.75, 3.05) is 20.3 Å². The average molecular weight is 317 g/mol. The summed E-state index contributed by atoms with van der Waals surface area (Å²) in [5.41, 5.74) is 0.0589. The third kappa shape index (κ3) is 6.34. The van der Waals surface area contributed by atoms with Gasteiger partial charge in [-0.15, -0.1) is 0 Å². The van der Waals surface area contributed by atoms with Crippen molar-refractivity contribution >= 4 is 5.96 Å². The molecular weight excluding hydrogens is 295 g/mol. The van der Waals surface area contributed by atoms with E-state index in [1.54, 1.807) is 7.11 Å². The molecule has 7 heteroatoms. The van der Waals surface area contributed by atoms with Gasteiger partial charge in [-0.05, 0) is 31.5 Å². The fraction of sp³-hybridized carbons (Fsp3) is 0.533. The summed E-state index contributed by atoms with van der Waals surface area (Å²) >= 11 is 0. The van der Waals surface area contributed by atoms with Crippen LogP contribution in [0.25, 0.3) is 0 Å². The normalized spacial score (nSPS) is 13.8. The Bertz CT molecular complexity index is 472. The molecule has 4 nitrogen and oxygen atoms in total. The van der Waals surface area contributed by atoms with Gasteiger partial charge in [-0.25, -0.2) is 4.99 Å². The van der Waals surface area contributed by atoms with E-state index in [4.69, 9.17) is 4.74 Å².